The predicted molar refractivity (Wildman–Crippen MR) is 101 cm³/mol. The van der Waals surface area contributed by atoms with Gasteiger partial charge in [0.25, 0.3) is 5.91 Å². The van der Waals surface area contributed by atoms with Gasteiger partial charge in [0.2, 0.25) is 5.88 Å². The highest BCUT2D eigenvalue weighted by Crippen LogP contribution is 2.26. The van der Waals surface area contributed by atoms with Crippen LogP contribution in [0.2, 0.25) is 0 Å². The molecule has 5 rings (SSSR count). The number of rotatable bonds is 3. The Morgan fingerprint density at radius 2 is 2.00 bits per heavy atom. The largest absolute Gasteiger partial charge is 0.478 e. The predicted octanol–water partition coefficient (Wildman–Crippen LogP) is 3.12. The SMILES string of the molecule is O=C(Nc1ccc(-c2ncc3n2CCCC3)cc1)c1cc2n(n1)CCCO2. The molecule has 2 aliphatic heterocycles. The summed E-state index contributed by atoms with van der Waals surface area (Å²) in [7, 11) is 0. The molecule has 1 aromatic carbocycles. The van der Waals surface area contributed by atoms with Crippen molar-refractivity contribution in [2.45, 2.75) is 38.8 Å². The van der Waals surface area contributed by atoms with E-state index in [1.165, 1.54) is 18.5 Å². The maximum Gasteiger partial charge on any atom is 0.276 e. The number of carbonyl (C=O) groups is 1. The van der Waals surface area contributed by atoms with Gasteiger partial charge in [-0.15, -0.1) is 0 Å². The molecule has 2 aliphatic rings. The normalized spacial score (nSPS) is 15.6. The molecule has 7 nitrogen and oxygen atoms in total. The van der Waals surface area contributed by atoms with E-state index in [4.69, 9.17) is 4.74 Å². The highest BCUT2D eigenvalue weighted by molar-refractivity contribution is 6.03. The topological polar surface area (TPSA) is 74.0 Å². The molecule has 0 fully saturated rings. The Balaban J connectivity index is 1.32. The van der Waals surface area contributed by atoms with Crippen LogP contribution >= 0.6 is 0 Å². The third-order valence-corrected chi connectivity index (χ3v) is 5.14. The molecule has 4 heterocycles. The molecule has 0 saturated carbocycles. The number of aryl methyl sites for hydroxylation is 2. The molecule has 138 valence electrons. The van der Waals surface area contributed by atoms with Crippen LogP contribution in [0.5, 0.6) is 5.88 Å². The zero-order valence-corrected chi connectivity index (χ0v) is 15.0. The first kappa shape index (κ1) is 16.1. The number of anilines is 1. The van der Waals surface area contributed by atoms with Gasteiger partial charge < -0.3 is 14.6 Å². The molecule has 27 heavy (non-hydrogen) atoms. The van der Waals surface area contributed by atoms with Crippen LogP contribution in [0.4, 0.5) is 5.69 Å². The summed E-state index contributed by atoms with van der Waals surface area (Å²) in [4.78, 5) is 17.1. The van der Waals surface area contributed by atoms with Gasteiger partial charge in [-0.1, -0.05) is 0 Å². The van der Waals surface area contributed by atoms with Gasteiger partial charge in [-0.25, -0.2) is 9.67 Å². The van der Waals surface area contributed by atoms with E-state index in [2.05, 4.69) is 20.0 Å². The standard InChI is InChI=1S/C20H21N5O2/c26-20(17-12-18-25(23-17)10-3-11-27-18)22-15-7-5-14(6-8-15)19-21-13-16-4-1-2-9-24(16)19/h5-8,12-13H,1-4,9-11H2,(H,22,26). The average molecular weight is 363 g/mol. The molecule has 1 amide bonds. The number of hydrogen-bond acceptors (Lipinski definition) is 4. The van der Waals surface area contributed by atoms with E-state index in [1.54, 1.807) is 10.7 Å². The average Bonchev–Trinajstić information content (AvgIpc) is 3.33. The maximum atomic E-state index is 12.5. The lowest BCUT2D eigenvalue weighted by Crippen LogP contribution is -2.16. The quantitative estimate of drug-likeness (QED) is 0.776. The minimum absolute atomic E-state index is 0.230. The van der Waals surface area contributed by atoms with Gasteiger partial charge >= 0.3 is 0 Å². The first-order valence-electron chi connectivity index (χ1n) is 9.45. The highest BCUT2D eigenvalue weighted by atomic mass is 16.5. The van der Waals surface area contributed by atoms with Gasteiger partial charge in [0.05, 0.1) is 6.61 Å². The molecule has 7 heteroatoms. The summed E-state index contributed by atoms with van der Waals surface area (Å²) in [6.07, 6.45) is 6.42. The zero-order valence-electron chi connectivity index (χ0n) is 15.0. The number of benzene rings is 1. The summed E-state index contributed by atoms with van der Waals surface area (Å²) in [5, 5.41) is 7.22. The third kappa shape index (κ3) is 2.99. The lowest BCUT2D eigenvalue weighted by molar-refractivity contribution is 0.102. The number of imidazole rings is 1. The minimum atomic E-state index is -0.230. The van der Waals surface area contributed by atoms with Crippen molar-refractivity contribution in [2.75, 3.05) is 11.9 Å². The molecule has 0 unspecified atom stereocenters. The van der Waals surface area contributed by atoms with Crippen LogP contribution in [-0.2, 0) is 19.5 Å². The molecule has 0 saturated heterocycles. The number of hydrogen-bond donors (Lipinski definition) is 1. The van der Waals surface area contributed by atoms with Gasteiger partial charge in [-0.3, -0.25) is 4.79 Å². The van der Waals surface area contributed by atoms with Gasteiger partial charge in [0.1, 0.15) is 5.82 Å². The first-order chi connectivity index (χ1) is 13.3. The Morgan fingerprint density at radius 1 is 1.11 bits per heavy atom. The summed E-state index contributed by atoms with van der Waals surface area (Å²) in [6.45, 7) is 2.48. The Morgan fingerprint density at radius 3 is 2.85 bits per heavy atom. The molecular formula is C20H21N5O2. The van der Waals surface area contributed by atoms with Crippen molar-refractivity contribution < 1.29 is 9.53 Å². The van der Waals surface area contributed by atoms with Crippen LogP contribution in [-0.4, -0.2) is 31.8 Å². The lowest BCUT2D eigenvalue weighted by Gasteiger charge is -2.16. The molecular weight excluding hydrogens is 342 g/mol. The van der Waals surface area contributed by atoms with E-state index in [0.29, 0.717) is 18.2 Å². The fraction of sp³-hybridized carbons (Fsp3) is 0.350. The zero-order chi connectivity index (χ0) is 18.2. The van der Waals surface area contributed by atoms with Gasteiger partial charge in [0.15, 0.2) is 5.69 Å². The molecule has 0 bridgehead atoms. The Kier molecular flexibility index (Phi) is 3.92. The van der Waals surface area contributed by atoms with E-state index in [9.17, 15) is 4.79 Å². The van der Waals surface area contributed by atoms with Gasteiger partial charge in [-0.05, 0) is 43.5 Å². The van der Waals surface area contributed by atoms with Crippen molar-refractivity contribution in [1.29, 1.82) is 0 Å². The van der Waals surface area contributed by atoms with Crippen molar-refractivity contribution in [3.05, 3.63) is 47.9 Å². The Bertz CT molecular complexity index is 963. The number of nitrogens with one attached hydrogen (secondary N) is 1. The van der Waals surface area contributed by atoms with Crippen LogP contribution in [0.15, 0.2) is 36.5 Å². The summed E-state index contributed by atoms with van der Waals surface area (Å²) >= 11 is 0. The van der Waals surface area contributed by atoms with Crippen LogP contribution in [0, 0.1) is 0 Å². The molecule has 0 atom stereocenters. The van der Waals surface area contributed by atoms with Crippen molar-refractivity contribution >= 4 is 11.6 Å². The van der Waals surface area contributed by atoms with E-state index < -0.39 is 0 Å². The minimum Gasteiger partial charge on any atom is -0.478 e. The molecule has 1 N–H and O–H groups in total. The van der Waals surface area contributed by atoms with E-state index in [-0.39, 0.29) is 5.91 Å². The molecule has 2 aromatic heterocycles. The van der Waals surface area contributed by atoms with Crippen molar-refractivity contribution in [3.63, 3.8) is 0 Å². The number of carbonyl (C=O) groups excluding carboxylic acids is 1. The van der Waals surface area contributed by atoms with Crippen LogP contribution in [0.1, 0.15) is 35.4 Å². The number of ether oxygens (including phenoxy) is 1. The summed E-state index contributed by atoms with van der Waals surface area (Å²) in [5.41, 5.74) is 3.48. The fourth-order valence-electron chi connectivity index (χ4n) is 3.74. The molecule has 0 spiro atoms. The van der Waals surface area contributed by atoms with Crippen molar-refractivity contribution in [2.24, 2.45) is 0 Å². The number of fused-ring (bicyclic) bond motifs is 2. The molecule has 0 radical (unpaired) electrons. The van der Waals surface area contributed by atoms with Gasteiger partial charge in [0, 0.05) is 48.7 Å². The summed E-state index contributed by atoms with van der Waals surface area (Å²) < 4.78 is 9.56. The Labute approximate surface area is 157 Å². The second-order valence-electron chi connectivity index (χ2n) is 7.01. The number of nitrogens with zero attached hydrogens (tertiary/aromatic N) is 4. The van der Waals surface area contributed by atoms with E-state index >= 15 is 0 Å². The van der Waals surface area contributed by atoms with Crippen LogP contribution < -0.4 is 10.1 Å². The number of aromatic nitrogens is 4. The maximum absolute atomic E-state index is 12.5. The monoisotopic (exact) mass is 363 g/mol. The second-order valence-corrected chi connectivity index (χ2v) is 7.01. The molecule has 3 aromatic rings. The Hall–Kier alpha value is -3.09. The highest BCUT2D eigenvalue weighted by Gasteiger charge is 2.18. The van der Waals surface area contributed by atoms with Crippen LogP contribution in [0.3, 0.4) is 0 Å². The van der Waals surface area contributed by atoms with Crippen molar-refractivity contribution in [3.8, 4) is 17.3 Å². The summed E-state index contributed by atoms with van der Waals surface area (Å²) in [5.74, 6) is 1.43. The summed E-state index contributed by atoms with van der Waals surface area (Å²) in [6, 6.07) is 9.51. The molecule has 0 aliphatic carbocycles. The second kappa shape index (κ2) is 6.57. The first-order valence-corrected chi connectivity index (χ1v) is 9.45. The van der Waals surface area contributed by atoms with E-state index in [0.717, 1.165) is 43.0 Å². The van der Waals surface area contributed by atoms with E-state index in [1.807, 2.05) is 30.5 Å². The lowest BCUT2D eigenvalue weighted by atomic mass is 10.1. The third-order valence-electron chi connectivity index (χ3n) is 5.14. The van der Waals surface area contributed by atoms with Gasteiger partial charge in [-0.2, -0.15) is 5.10 Å². The van der Waals surface area contributed by atoms with Crippen LogP contribution in [0.25, 0.3) is 11.4 Å². The van der Waals surface area contributed by atoms with Crippen molar-refractivity contribution in [1.82, 2.24) is 19.3 Å². The number of amides is 1. The fourth-order valence-corrected chi connectivity index (χ4v) is 3.74. The smallest absolute Gasteiger partial charge is 0.276 e.